The van der Waals surface area contributed by atoms with Crippen LogP contribution in [0.1, 0.15) is 78.1 Å². The maximum atomic E-state index is 12.3. The lowest BCUT2D eigenvalue weighted by atomic mass is 9.43. The number of oxime groups is 1. The summed E-state index contributed by atoms with van der Waals surface area (Å²) in [5, 5.41) is 26.4. The molecule has 0 aliphatic heterocycles. The minimum absolute atomic E-state index is 0.0614. The van der Waals surface area contributed by atoms with Gasteiger partial charge in [-0.1, -0.05) is 19.0 Å². The molecule has 4 aliphatic rings. The molecule has 0 radical (unpaired) electrons. The Morgan fingerprint density at radius 1 is 1.12 bits per heavy atom. The van der Waals surface area contributed by atoms with Crippen LogP contribution in [0.15, 0.2) is 5.16 Å². The number of nitrogens with one attached hydrogen (secondary N) is 2. The number of aliphatic hydroxyl groups is 1. The van der Waals surface area contributed by atoms with Gasteiger partial charge in [-0.25, -0.2) is 0 Å². The zero-order valence-electron chi connectivity index (χ0n) is 21.2. The molecule has 0 aromatic rings. The highest BCUT2D eigenvalue weighted by Crippen LogP contribution is 2.68. The van der Waals surface area contributed by atoms with Crippen molar-refractivity contribution in [1.29, 1.82) is 5.41 Å². The largest absolute Gasteiger partial charge is 0.394 e. The molecular formula is C26H47N5O3. The maximum absolute atomic E-state index is 12.3. The van der Waals surface area contributed by atoms with Gasteiger partial charge in [-0.2, -0.15) is 0 Å². The number of rotatable bonds is 9. The molecule has 3 unspecified atom stereocenters. The van der Waals surface area contributed by atoms with Crippen LogP contribution in [-0.4, -0.2) is 55.3 Å². The summed E-state index contributed by atoms with van der Waals surface area (Å²) in [4.78, 5) is 5.40. The second kappa shape index (κ2) is 10.3. The van der Waals surface area contributed by atoms with E-state index in [2.05, 4.69) is 24.3 Å². The Morgan fingerprint density at radius 2 is 1.94 bits per heavy atom. The van der Waals surface area contributed by atoms with E-state index in [9.17, 15) is 5.11 Å². The van der Waals surface area contributed by atoms with E-state index in [-0.39, 0.29) is 17.3 Å². The number of nitrogens with zero attached hydrogens (tertiary/aromatic N) is 1. The van der Waals surface area contributed by atoms with E-state index >= 15 is 0 Å². The van der Waals surface area contributed by atoms with Gasteiger partial charge < -0.3 is 31.5 Å². The van der Waals surface area contributed by atoms with Crippen LogP contribution in [0, 0.1) is 39.9 Å². The molecule has 7 N–H and O–H groups in total. The van der Waals surface area contributed by atoms with Crippen molar-refractivity contribution in [1.82, 2.24) is 5.32 Å². The molecular weight excluding hydrogens is 430 g/mol. The van der Waals surface area contributed by atoms with Crippen LogP contribution in [0.4, 0.5) is 0 Å². The van der Waals surface area contributed by atoms with Crippen molar-refractivity contribution < 1.29 is 14.7 Å². The summed E-state index contributed by atoms with van der Waals surface area (Å²) in [5.41, 5.74) is 10.5. The normalized spacial score (nSPS) is 43.7. The van der Waals surface area contributed by atoms with Crippen LogP contribution in [0.2, 0.25) is 0 Å². The summed E-state index contributed by atoms with van der Waals surface area (Å²) < 4.78 is 6.17. The zero-order valence-corrected chi connectivity index (χ0v) is 21.2. The second-order valence-electron chi connectivity index (χ2n) is 11.9. The molecule has 0 bridgehead atoms. The predicted octanol–water partition coefficient (Wildman–Crippen LogP) is 2.98. The van der Waals surface area contributed by atoms with E-state index in [1.165, 1.54) is 25.7 Å². The zero-order chi connectivity index (χ0) is 24.4. The van der Waals surface area contributed by atoms with Gasteiger partial charge in [-0.05, 0) is 93.9 Å². The Balaban J connectivity index is 1.39. The van der Waals surface area contributed by atoms with Crippen molar-refractivity contribution in [3.8, 4) is 0 Å². The Hall–Kier alpha value is -1.38. The summed E-state index contributed by atoms with van der Waals surface area (Å²) in [6, 6.07) is 0. The van der Waals surface area contributed by atoms with Gasteiger partial charge in [0, 0.05) is 24.2 Å². The summed E-state index contributed by atoms with van der Waals surface area (Å²) in [6.07, 6.45) is 13.2. The first-order valence-corrected chi connectivity index (χ1v) is 13.5. The fraction of sp³-hybridized carbons (Fsp3) is 0.923. The van der Waals surface area contributed by atoms with Gasteiger partial charge in [0.1, 0.15) is 6.61 Å². The summed E-state index contributed by atoms with van der Waals surface area (Å²) in [7, 11) is 0. The van der Waals surface area contributed by atoms with Crippen molar-refractivity contribution in [2.24, 2.45) is 51.1 Å². The number of ether oxygens (including phenoxy) is 1. The molecule has 4 fully saturated rings. The van der Waals surface area contributed by atoms with E-state index in [0.717, 1.165) is 45.1 Å². The van der Waals surface area contributed by atoms with Gasteiger partial charge in [-0.15, -0.1) is 0 Å². The fourth-order valence-electron chi connectivity index (χ4n) is 8.35. The highest BCUT2D eigenvalue weighted by Gasteiger charge is 2.67. The average Bonchev–Trinajstić information content (AvgIpc) is 3.07. The highest BCUT2D eigenvalue weighted by molar-refractivity contribution is 5.74. The van der Waals surface area contributed by atoms with E-state index in [0.29, 0.717) is 49.0 Å². The lowest BCUT2D eigenvalue weighted by molar-refractivity contribution is -0.207. The summed E-state index contributed by atoms with van der Waals surface area (Å²) in [6.45, 7) is 7.12. The standard InChI is InChI=1S/C26H47N5O3/c1-24-9-7-20(33-14-3-12-27)16-18(24)4-5-22-21(24)8-10-25(2)19(6-11-26(22,25)32)17-31-34-15-13-30-23(28)29/h17-22,32H,3-16,27H2,1-2H3,(H4,28,29,30)/b31-17+/t18?,19?,20?,21-,22-,24+,25-,26-/m1/s1. The van der Waals surface area contributed by atoms with E-state index in [1.54, 1.807) is 0 Å². The van der Waals surface area contributed by atoms with Crippen molar-refractivity contribution in [3.05, 3.63) is 0 Å². The topological polar surface area (TPSA) is 139 Å². The summed E-state index contributed by atoms with van der Waals surface area (Å²) in [5.74, 6) is 1.85. The molecule has 194 valence electrons. The fourth-order valence-corrected chi connectivity index (χ4v) is 8.35. The maximum Gasteiger partial charge on any atom is 0.185 e. The molecule has 0 aromatic heterocycles. The molecule has 8 nitrogen and oxygen atoms in total. The number of nitrogens with two attached hydrogens (primary N) is 2. The Morgan fingerprint density at radius 3 is 2.71 bits per heavy atom. The number of fused-ring (bicyclic) bond motifs is 5. The van der Waals surface area contributed by atoms with Gasteiger partial charge in [0.25, 0.3) is 0 Å². The third-order valence-electron chi connectivity index (χ3n) is 10.4. The van der Waals surface area contributed by atoms with Crippen molar-refractivity contribution >= 4 is 12.2 Å². The van der Waals surface area contributed by atoms with Crippen molar-refractivity contribution in [2.45, 2.75) is 89.8 Å². The van der Waals surface area contributed by atoms with Crippen LogP contribution in [0.3, 0.4) is 0 Å². The number of hydrogen-bond acceptors (Lipinski definition) is 6. The van der Waals surface area contributed by atoms with Gasteiger partial charge >= 0.3 is 0 Å². The van der Waals surface area contributed by atoms with Gasteiger partial charge in [-0.3, -0.25) is 5.41 Å². The predicted molar refractivity (Wildman–Crippen MR) is 134 cm³/mol. The van der Waals surface area contributed by atoms with Gasteiger partial charge in [0.05, 0.1) is 18.2 Å². The SMILES string of the molecule is C[C@]12CCC(OCCCN)CC1CC[C@@H]1[C@H]2CC[C@]2(C)C(/C=N/OCCNC(=N)N)CC[C@@]12O. The molecule has 0 saturated heterocycles. The van der Waals surface area contributed by atoms with Crippen LogP contribution in [0.5, 0.6) is 0 Å². The molecule has 34 heavy (non-hydrogen) atoms. The van der Waals surface area contributed by atoms with Crippen molar-refractivity contribution in [3.63, 3.8) is 0 Å². The summed E-state index contributed by atoms with van der Waals surface area (Å²) >= 11 is 0. The monoisotopic (exact) mass is 477 g/mol. The lowest BCUT2D eigenvalue weighted by Crippen LogP contribution is -2.62. The van der Waals surface area contributed by atoms with E-state index in [4.69, 9.17) is 26.5 Å². The third-order valence-corrected chi connectivity index (χ3v) is 10.4. The minimum Gasteiger partial charge on any atom is -0.394 e. The van der Waals surface area contributed by atoms with E-state index in [1.807, 2.05) is 6.21 Å². The first kappa shape index (κ1) is 25.7. The Kier molecular flexibility index (Phi) is 7.80. The molecule has 0 spiro atoms. The van der Waals surface area contributed by atoms with Crippen LogP contribution >= 0.6 is 0 Å². The van der Waals surface area contributed by atoms with E-state index < -0.39 is 5.60 Å². The molecule has 4 saturated carbocycles. The van der Waals surface area contributed by atoms with Crippen LogP contribution in [-0.2, 0) is 9.57 Å². The molecule has 0 amide bonds. The molecule has 0 aromatic carbocycles. The first-order chi connectivity index (χ1) is 16.2. The molecule has 0 heterocycles. The number of guanidine groups is 1. The minimum atomic E-state index is -0.620. The molecule has 8 heteroatoms. The van der Waals surface area contributed by atoms with Crippen LogP contribution < -0.4 is 16.8 Å². The van der Waals surface area contributed by atoms with Gasteiger partial charge in [0.2, 0.25) is 0 Å². The highest BCUT2D eigenvalue weighted by atomic mass is 16.6. The van der Waals surface area contributed by atoms with Gasteiger partial charge in [0.15, 0.2) is 5.96 Å². The Labute approximate surface area is 205 Å². The third kappa shape index (κ3) is 4.58. The smallest absolute Gasteiger partial charge is 0.185 e. The average molecular weight is 478 g/mol. The lowest BCUT2D eigenvalue weighted by Gasteiger charge is -2.63. The van der Waals surface area contributed by atoms with Crippen LogP contribution in [0.25, 0.3) is 0 Å². The number of hydrogen-bond donors (Lipinski definition) is 5. The molecule has 8 atom stereocenters. The quantitative estimate of drug-likeness (QED) is 0.150. The molecule has 4 aliphatic carbocycles. The first-order valence-electron chi connectivity index (χ1n) is 13.5. The van der Waals surface area contributed by atoms with Crippen molar-refractivity contribution in [2.75, 3.05) is 26.3 Å². The molecule has 4 rings (SSSR count). The Bertz CT molecular complexity index is 750. The second-order valence-corrected chi connectivity index (χ2v) is 11.9.